The Bertz CT molecular complexity index is 1040. The lowest BCUT2D eigenvalue weighted by molar-refractivity contribution is 0.103. The molecule has 1 fully saturated rings. The second kappa shape index (κ2) is 9.54. The highest BCUT2D eigenvalue weighted by atomic mass is 35.5. The molecule has 1 saturated heterocycles. The molecule has 1 unspecified atom stereocenters. The SMILES string of the molecule is CC(c1cccc(C(=O)c2ccccc2)c1)c1nc(N=C2NCCCN2)n(C)n1.Cl. The normalized spacial score (nSPS) is 14.1. The third kappa shape index (κ3) is 4.68. The van der Waals surface area contributed by atoms with Gasteiger partial charge in [0.1, 0.15) is 0 Å². The molecule has 156 valence electrons. The van der Waals surface area contributed by atoms with Crippen molar-refractivity contribution in [2.75, 3.05) is 13.1 Å². The highest BCUT2D eigenvalue weighted by Crippen LogP contribution is 2.25. The van der Waals surface area contributed by atoms with Gasteiger partial charge in [-0.2, -0.15) is 15.1 Å². The molecular formula is C22H25ClN6O. The van der Waals surface area contributed by atoms with Gasteiger partial charge in [0.05, 0.1) is 0 Å². The molecule has 2 aromatic carbocycles. The molecule has 1 aliphatic heterocycles. The molecule has 0 spiro atoms. The third-order valence-electron chi connectivity index (χ3n) is 4.98. The van der Waals surface area contributed by atoms with Crippen molar-refractivity contribution in [1.29, 1.82) is 0 Å². The Labute approximate surface area is 182 Å². The highest BCUT2D eigenvalue weighted by molar-refractivity contribution is 6.09. The number of hydrogen-bond acceptors (Lipinski definition) is 4. The Morgan fingerprint density at radius 3 is 2.50 bits per heavy atom. The number of rotatable bonds is 5. The molecule has 3 aromatic rings. The van der Waals surface area contributed by atoms with E-state index in [1.807, 2.05) is 68.6 Å². The maximum atomic E-state index is 12.8. The van der Waals surface area contributed by atoms with Gasteiger partial charge in [-0.15, -0.1) is 12.4 Å². The van der Waals surface area contributed by atoms with Crippen LogP contribution in [0.2, 0.25) is 0 Å². The Kier molecular flexibility index (Phi) is 6.84. The summed E-state index contributed by atoms with van der Waals surface area (Å²) in [5.41, 5.74) is 2.33. The maximum absolute atomic E-state index is 12.8. The lowest BCUT2D eigenvalue weighted by Gasteiger charge is -2.16. The van der Waals surface area contributed by atoms with Gasteiger partial charge in [0, 0.05) is 37.2 Å². The van der Waals surface area contributed by atoms with Gasteiger partial charge >= 0.3 is 0 Å². The number of hydrogen-bond donors (Lipinski definition) is 2. The first kappa shape index (κ1) is 21.5. The van der Waals surface area contributed by atoms with Crippen LogP contribution in [-0.4, -0.2) is 39.6 Å². The predicted molar refractivity (Wildman–Crippen MR) is 120 cm³/mol. The van der Waals surface area contributed by atoms with E-state index in [0.29, 0.717) is 22.9 Å². The fourth-order valence-electron chi connectivity index (χ4n) is 3.27. The summed E-state index contributed by atoms with van der Waals surface area (Å²) in [5, 5.41) is 11.0. The van der Waals surface area contributed by atoms with Crippen LogP contribution in [0.3, 0.4) is 0 Å². The summed E-state index contributed by atoms with van der Waals surface area (Å²) in [6.07, 6.45) is 1.07. The number of aliphatic imine (C=N–C) groups is 1. The summed E-state index contributed by atoms with van der Waals surface area (Å²) in [4.78, 5) is 21.9. The molecule has 0 amide bonds. The number of carbonyl (C=O) groups excluding carboxylic acids is 1. The van der Waals surface area contributed by atoms with Gasteiger partial charge in [-0.05, 0) is 18.1 Å². The molecule has 4 rings (SSSR count). The van der Waals surface area contributed by atoms with Crippen molar-refractivity contribution < 1.29 is 4.79 Å². The van der Waals surface area contributed by atoms with Gasteiger partial charge < -0.3 is 10.6 Å². The Balaban J connectivity index is 0.00000256. The summed E-state index contributed by atoms with van der Waals surface area (Å²) in [6, 6.07) is 17.0. The number of aryl methyl sites for hydroxylation is 1. The molecule has 30 heavy (non-hydrogen) atoms. The van der Waals surface area contributed by atoms with E-state index in [-0.39, 0.29) is 24.1 Å². The summed E-state index contributed by atoms with van der Waals surface area (Å²) in [7, 11) is 1.83. The Hall–Kier alpha value is -3.19. The standard InChI is InChI=1S/C22H24N6O.ClH/c1-15(20-25-22(28(2)27-20)26-21-23-12-7-13-24-21)17-10-6-11-18(14-17)19(29)16-8-4-3-5-9-16;/h3-6,8-11,14-15H,7,12-13H2,1-2H3,(H2,23,24,25,26,27);1H. The van der Waals surface area contributed by atoms with Crippen LogP contribution >= 0.6 is 12.4 Å². The van der Waals surface area contributed by atoms with E-state index in [2.05, 4.69) is 25.7 Å². The van der Waals surface area contributed by atoms with E-state index in [4.69, 9.17) is 0 Å². The summed E-state index contributed by atoms with van der Waals surface area (Å²) < 4.78 is 1.68. The molecule has 2 heterocycles. The molecule has 0 bridgehead atoms. The zero-order valence-corrected chi connectivity index (χ0v) is 17.8. The first-order chi connectivity index (χ1) is 14.1. The van der Waals surface area contributed by atoms with Gasteiger partial charge in [0.15, 0.2) is 17.6 Å². The van der Waals surface area contributed by atoms with Gasteiger partial charge in [0.25, 0.3) is 5.95 Å². The van der Waals surface area contributed by atoms with Crippen LogP contribution in [0.25, 0.3) is 0 Å². The van der Waals surface area contributed by atoms with E-state index in [9.17, 15) is 4.79 Å². The lowest BCUT2D eigenvalue weighted by atomic mass is 9.95. The second-order valence-corrected chi connectivity index (χ2v) is 7.10. The van der Waals surface area contributed by atoms with Gasteiger partial charge in [-0.25, -0.2) is 4.68 Å². The van der Waals surface area contributed by atoms with Crippen molar-refractivity contribution in [1.82, 2.24) is 25.4 Å². The van der Waals surface area contributed by atoms with Crippen LogP contribution in [0.1, 0.15) is 46.6 Å². The molecule has 0 saturated carbocycles. The smallest absolute Gasteiger partial charge is 0.251 e. The van der Waals surface area contributed by atoms with Crippen LogP contribution in [0.5, 0.6) is 0 Å². The van der Waals surface area contributed by atoms with E-state index >= 15 is 0 Å². The molecule has 7 nitrogen and oxygen atoms in total. The number of halogens is 1. The number of benzene rings is 2. The van der Waals surface area contributed by atoms with Crippen molar-refractivity contribution in [3.05, 3.63) is 77.1 Å². The average molecular weight is 425 g/mol. The number of aromatic nitrogens is 3. The van der Waals surface area contributed by atoms with Crippen LogP contribution in [0, 0.1) is 0 Å². The largest absolute Gasteiger partial charge is 0.356 e. The topological polar surface area (TPSA) is 84.2 Å². The first-order valence-electron chi connectivity index (χ1n) is 9.79. The van der Waals surface area contributed by atoms with E-state index < -0.39 is 0 Å². The lowest BCUT2D eigenvalue weighted by Crippen LogP contribution is -2.43. The Morgan fingerprint density at radius 1 is 1.07 bits per heavy atom. The van der Waals surface area contributed by atoms with Crippen LogP contribution in [-0.2, 0) is 7.05 Å². The second-order valence-electron chi connectivity index (χ2n) is 7.10. The van der Waals surface area contributed by atoms with Crippen molar-refractivity contribution in [2.45, 2.75) is 19.3 Å². The van der Waals surface area contributed by atoms with Crippen molar-refractivity contribution >= 4 is 30.1 Å². The fraction of sp³-hybridized carbons (Fsp3) is 0.273. The zero-order chi connectivity index (χ0) is 20.2. The van der Waals surface area contributed by atoms with Gasteiger partial charge in [0.2, 0.25) is 0 Å². The van der Waals surface area contributed by atoms with E-state index in [0.717, 1.165) is 31.0 Å². The molecular weight excluding hydrogens is 400 g/mol. The van der Waals surface area contributed by atoms with Gasteiger partial charge in [-0.1, -0.05) is 55.5 Å². The maximum Gasteiger partial charge on any atom is 0.251 e. The van der Waals surface area contributed by atoms with Crippen molar-refractivity contribution in [3.8, 4) is 0 Å². The predicted octanol–water partition coefficient (Wildman–Crippen LogP) is 3.19. The van der Waals surface area contributed by atoms with Crippen LogP contribution < -0.4 is 10.6 Å². The summed E-state index contributed by atoms with van der Waals surface area (Å²) >= 11 is 0. The van der Waals surface area contributed by atoms with Crippen molar-refractivity contribution in [3.63, 3.8) is 0 Å². The molecule has 0 radical (unpaired) electrons. The number of guanidine groups is 1. The fourth-order valence-corrected chi connectivity index (χ4v) is 3.27. The molecule has 0 aliphatic carbocycles. The molecule has 2 N–H and O–H groups in total. The quantitative estimate of drug-likeness (QED) is 0.614. The number of nitrogens with zero attached hydrogens (tertiary/aromatic N) is 4. The molecule has 1 aliphatic rings. The monoisotopic (exact) mass is 424 g/mol. The first-order valence-corrected chi connectivity index (χ1v) is 9.79. The van der Waals surface area contributed by atoms with Crippen LogP contribution in [0.15, 0.2) is 59.6 Å². The molecule has 8 heteroatoms. The van der Waals surface area contributed by atoms with Crippen molar-refractivity contribution in [2.24, 2.45) is 12.0 Å². The number of nitrogens with one attached hydrogen (secondary N) is 2. The van der Waals surface area contributed by atoms with Gasteiger partial charge in [-0.3, -0.25) is 4.79 Å². The summed E-state index contributed by atoms with van der Waals surface area (Å²) in [6.45, 7) is 3.83. The third-order valence-corrected chi connectivity index (χ3v) is 4.98. The van der Waals surface area contributed by atoms with E-state index in [1.54, 1.807) is 4.68 Å². The number of carbonyl (C=O) groups is 1. The minimum absolute atomic E-state index is 0. The van der Waals surface area contributed by atoms with Crippen LogP contribution in [0.4, 0.5) is 5.95 Å². The van der Waals surface area contributed by atoms with E-state index in [1.165, 1.54) is 0 Å². The highest BCUT2D eigenvalue weighted by Gasteiger charge is 2.18. The number of ketones is 1. The molecule has 1 atom stereocenters. The minimum atomic E-state index is -0.0639. The summed E-state index contributed by atoms with van der Waals surface area (Å²) in [5.74, 6) is 1.88. The average Bonchev–Trinajstić information content (AvgIpc) is 3.14. The molecule has 1 aromatic heterocycles. The minimum Gasteiger partial charge on any atom is -0.356 e. The Morgan fingerprint density at radius 2 is 1.77 bits per heavy atom. The zero-order valence-electron chi connectivity index (χ0n) is 17.0.